The van der Waals surface area contributed by atoms with Crippen LogP contribution in [-0.2, 0) is 16.0 Å². The third kappa shape index (κ3) is 5.17. The van der Waals surface area contributed by atoms with Crippen LogP contribution in [0.25, 0.3) is 16.7 Å². The predicted octanol–water partition coefficient (Wildman–Crippen LogP) is 3.71. The standard InChI is InChI=1S/C25H23FN4O3/c1-17(33-22-14-8-5-11-19(22)26)25(32)29-28-24(31)16-15-23-27-20-12-6-7-13-21(20)30(23)18-9-3-2-4-10-18/h2-14,17H,15-16H2,1H3,(H,28,31)(H,29,32). The molecule has 0 saturated carbocycles. The van der Waals surface area contributed by atoms with Gasteiger partial charge < -0.3 is 4.74 Å². The fourth-order valence-corrected chi connectivity index (χ4v) is 3.41. The van der Waals surface area contributed by atoms with Crippen molar-refractivity contribution < 1.29 is 18.7 Å². The predicted molar refractivity (Wildman–Crippen MR) is 122 cm³/mol. The van der Waals surface area contributed by atoms with E-state index >= 15 is 0 Å². The number of rotatable bonds is 7. The molecule has 1 aromatic heterocycles. The summed E-state index contributed by atoms with van der Waals surface area (Å²) in [6, 6.07) is 23.4. The van der Waals surface area contributed by atoms with Gasteiger partial charge in [0.25, 0.3) is 5.91 Å². The molecule has 2 amide bonds. The van der Waals surface area contributed by atoms with E-state index in [1.807, 2.05) is 59.2 Å². The quantitative estimate of drug-likeness (QED) is 0.424. The second kappa shape index (κ2) is 9.95. The van der Waals surface area contributed by atoms with Crippen LogP contribution in [0.3, 0.4) is 0 Å². The normalized spacial score (nSPS) is 11.7. The SMILES string of the molecule is CC(Oc1ccccc1F)C(=O)NNC(=O)CCc1nc2ccccc2n1-c1ccccc1. The molecule has 4 rings (SSSR count). The van der Waals surface area contributed by atoms with Crippen molar-refractivity contribution in [2.24, 2.45) is 0 Å². The third-order valence-electron chi connectivity index (χ3n) is 5.06. The smallest absolute Gasteiger partial charge is 0.279 e. The first-order valence-corrected chi connectivity index (χ1v) is 10.5. The molecule has 0 saturated heterocycles. The van der Waals surface area contributed by atoms with Gasteiger partial charge in [0.15, 0.2) is 17.7 Å². The number of nitrogens with one attached hydrogen (secondary N) is 2. The number of hydrazine groups is 1. The van der Waals surface area contributed by atoms with Crippen LogP contribution in [0, 0.1) is 5.82 Å². The summed E-state index contributed by atoms with van der Waals surface area (Å²) in [4.78, 5) is 29.2. The number of fused-ring (bicyclic) bond motifs is 1. The monoisotopic (exact) mass is 446 g/mol. The highest BCUT2D eigenvalue weighted by molar-refractivity contribution is 5.85. The number of carbonyl (C=O) groups excluding carboxylic acids is 2. The average molecular weight is 446 g/mol. The van der Waals surface area contributed by atoms with Crippen LogP contribution in [0.1, 0.15) is 19.2 Å². The van der Waals surface area contributed by atoms with Crippen LogP contribution in [0.15, 0.2) is 78.9 Å². The fraction of sp³-hybridized carbons (Fsp3) is 0.160. The lowest BCUT2D eigenvalue weighted by Gasteiger charge is -2.15. The fourth-order valence-electron chi connectivity index (χ4n) is 3.41. The Morgan fingerprint density at radius 1 is 0.970 bits per heavy atom. The van der Waals surface area contributed by atoms with Crippen LogP contribution in [0.2, 0.25) is 0 Å². The van der Waals surface area contributed by atoms with E-state index in [2.05, 4.69) is 15.8 Å². The lowest BCUT2D eigenvalue weighted by atomic mass is 10.2. The van der Waals surface area contributed by atoms with Gasteiger partial charge in [-0.1, -0.05) is 42.5 Å². The van der Waals surface area contributed by atoms with Crippen molar-refractivity contribution in [3.63, 3.8) is 0 Å². The summed E-state index contributed by atoms with van der Waals surface area (Å²) in [6.45, 7) is 1.47. The number of imidazole rings is 1. The highest BCUT2D eigenvalue weighted by Gasteiger charge is 2.18. The number of para-hydroxylation sites is 4. The number of aromatic nitrogens is 2. The van der Waals surface area contributed by atoms with E-state index in [0.29, 0.717) is 6.42 Å². The lowest BCUT2D eigenvalue weighted by molar-refractivity contribution is -0.132. The first-order chi connectivity index (χ1) is 16.0. The van der Waals surface area contributed by atoms with Crippen LogP contribution in [0.4, 0.5) is 4.39 Å². The summed E-state index contributed by atoms with van der Waals surface area (Å²) in [7, 11) is 0. The molecule has 1 unspecified atom stereocenters. The molecule has 1 heterocycles. The Hall–Kier alpha value is -4.20. The Morgan fingerprint density at radius 3 is 2.45 bits per heavy atom. The Labute approximate surface area is 190 Å². The van der Waals surface area contributed by atoms with Gasteiger partial charge in [0, 0.05) is 18.5 Å². The van der Waals surface area contributed by atoms with E-state index in [4.69, 9.17) is 4.74 Å². The molecule has 0 aliphatic heterocycles. The van der Waals surface area contributed by atoms with Gasteiger partial charge in [-0.2, -0.15) is 0 Å². The molecule has 0 aliphatic carbocycles. The van der Waals surface area contributed by atoms with Crippen molar-refractivity contribution in [1.82, 2.24) is 20.4 Å². The number of nitrogens with zero attached hydrogens (tertiary/aromatic N) is 2. The van der Waals surface area contributed by atoms with Crippen LogP contribution >= 0.6 is 0 Å². The highest BCUT2D eigenvalue weighted by atomic mass is 19.1. The van der Waals surface area contributed by atoms with Gasteiger partial charge in [0.1, 0.15) is 5.82 Å². The Bertz CT molecular complexity index is 1270. The Balaban J connectivity index is 1.36. The molecule has 3 aromatic carbocycles. The maximum Gasteiger partial charge on any atom is 0.279 e. The molecule has 33 heavy (non-hydrogen) atoms. The number of hydrogen-bond donors (Lipinski definition) is 2. The van der Waals surface area contributed by atoms with Gasteiger partial charge in [-0.25, -0.2) is 9.37 Å². The number of hydrogen-bond acceptors (Lipinski definition) is 4. The van der Waals surface area contributed by atoms with Crippen molar-refractivity contribution in [2.75, 3.05) is 0 Å². The minimum Gasteiger partial charge on any atom is -0.478 e. The molecule has 168 valence electrons. The Morgan fingerprint density at radius 2 is 1.67 bits per heavy atom. The average Bonchev–Trinajstić information content (AvgIpc) is 3.21. The first-order valence-electron chi connectivity index (χ1n) is 10.5. The van der Waals surface area contributed by atoms with E-state index in [1.165, 1.54) is 25.1 Å². The minimum atomic E-state index is -0.996. The molecule has 1 atom stereocenters. The largest absolute Gasteiger partial charge is 0.478 e. The third-order valence-corrected chi connectivity index (χ3v) is 5.06. The second-order valence-electron chi connectivity index (χ2n) is 7.42. The van der Waals surface area contributed by atoms with E-state index in [0.717, 1.165) is 22.5 Å². The molecule has 0 fully saturated rings. The topological polar surface area (TPSA) is 85.2 Å². The van der Waals surface area contributed by atoms with E-state index < -0.39 is 17.8 Å². The number of amides is 2. The van der Waals surface area contributed by atoms with E-state index in [-0.39, 0.29) is 18.1 Å². The van der Waals surface area contributed by atoms with Crippen molar-refractivity contribution in [3.05, 3.63) is 90.5 Å². The zero-order chi connectivity index (χ0) is 23.2. The molecule has 7 nitrogen and oxygen atoms in total. The molecular formula is C25H23FN4O3. The number of aryl methyl sites for hydroxylation is 1. The second-order valence-corrected chi connectivity index (χ2v) is 7.42. The van der Waals surface area contributed by atoms with Crippen LogP contribution < -0.4 is 15.6 Å². The number of halogens is 1. The maximum absolute atomic E-state index is 13.7. The summed E-state index contributed by atoms with van der Waals surface area (Å²) >= 11 is 0. The van der Waals surface area contributed by atoms with Crippen LogP contribution in [-0.4, -0.2) is 27.5 Å². The zero-order valence-electron chi connectivity index (χ0n) is 18.0. The summed E-state index contributed by atoms with van der Waals surface area (Å²) in [5.74, 6) is -0.842. The van der Waals surface area contributed by atoms with Gasteiger partial charge in [0.05, 0.1) is 11.0 Å². The van der Waals surface area contributed by atoms with E-state index in [9.17, 15) is 14.0 Å². The summed E-state index contributed by atoms with van der Waals surface area (Å²) in [5.41, 5.74) is 7.44. The highest BCUT2D eigenvalue weighted by Crippen LogP contribution is 2.22. The Kier molecular flexibility index (Phi) is 6.64. The van der Waals surface area contributed by atoms with Crippen LogP contribution in [0.5, 0.6) is 5.75 Å². The molecule has 0 aliphatic rings. The molecule has 0 spiro atoms. The molecule has 2 N–H and O–H groups in total. The summed E-state index contributed by atoms with van der Waals surface area (Å²) in [6.07, 6.45) is -0.518. The minimum absolute atomic E-state index is 0.0358. The van der Waals surface area contributed by atoms with Crippen molar-refractivity contribution >= 4 is 22.8 Å². The molecular weight excluding hydrogens is 423 g/mol. The maximum atomic E-state index is 13.7. The summed E-state index contributed by atoms with van der Waals surface area (Å²) in [5, 5.41) is 0. The summed E-state index contributed by atoms with van der Waals surface area (Å²) < 4.78 is 21.0. The number of carbonyl (C=O) groups is 2. The van der Waals surface area contributed by atoms with Crippen molar-refractivity contribution in [2.45, 2.75) is 25.9 Å². The molecule has 0 radical (unpaired) electrons. The van der Waals surface area contributed by atoms with Gasteiger partial charge in [-0.05, 0) is 43.3 Å². The van der Waals surface area contributed by atoms with Crippen molar-refractivity contribution in [3.8, 4) is 11.4 Å². The zero-order valence-corrected chi connectivity index (χ0v) is 18.0. The van der Waals surface area contributed by atoms with Gasteiger partial charge in [-0.15, -0.1) is 0 Å². The molecule has 8 heteroatoms. The lowest BCUT2D eigenvalue weighted by Crippen LogP contribution is -2.47. The van der Waals surface area contributed by atoms with Gasteiger partial charge in [-0.3, -0.25) is 25.0 Å². The van der Waals surface area contributed by atoms with Gasteiger partial charge >= 0.3 is 0 Å². The van der Waals surface area contributed by atoms with Crippen molar-refractivity contribution in [1.29, 1.82) is 0 Å². The van der Waals surface area contributed by atoms with E-state index in [1.54, 1.807) is 6.07 Å². The first kappa shape index (κ1) is 22.0. The number of ether oxygens (including phenoxy) is 1. The molecule has 4 aromatic rings. The van der Waals surface area contributed by atoms with Gasteiger partial charge in [0.2, 0.25) is 5.91 Å². The molecule has 0 bridgehead atoms. The number of benzene rings is 3.